The predicted octanol–water partition coefficient (Wildman–Crippen LogP) is 2.88. The summed E-state index contributed by atoms with van der Waals surface area (Å²) >= 11 is 17.8. The summed E-state index contributed by atoms with van der Waals surface area (Å²) in [6.45, 7) is 0.510. The number of carbonyl (C=O) groups is 1. The third-order valence-corrected chi connectivity index (χ3v) is 4.52. The zero-order valence-electron chi connectivity index (χ0n) is 13.5. The van der Waals surface area contributed by atoms with Crippen molar-refractivity contribution in [2.75, 3.05) is 38.9 Å². The summed E-state index contributed by atoms with van der Waals surface area (Å²) in [6.07, 6.45) is 0.321. The first-order valence-corrected chi connectivity index (χ1v) is 8.22. The van der Waals surface area contributed by atoms with Gasteiger partial charge in [0.25, 0.3) is 0 Å². The van der Waals surface area contributed by atoms with E-state index in [-0.39, 0.29) is 18.4 Å². The highest BCUT2D eigenvalue weighted by atomic mass is 35.5. The number of benzene rings is 1. The average Bonchev–Trinajstić information content (AvgIpc) is 2.59. The number of oxime groups is 1. The van der Waals surface area contributed by atoms with E-state index >= 15 is 0 Å². The molecule has 0 radical (unpaired) electrons. The van der Waals surface area contributed by atoms with Crippen molar-refractivity contribution in [1.29, 1.82) is 0 Å². The molecule has 0 unspecified atom stereocenters. The minimum absolute atomic E-state index is 0.0265. The Labute approximate surface area is 160 Å². The number of thiocarbonyl (C=S) groups is 1. The Bertz CT molecular complexity index is 704. The van der Waals surface area contributed by atoms with E-state index in [1.807, 2.05) is 0 Å². The molecule has 8 nitrogen and oxygen atoms in total. The summed E-state index contributed by atoms with van der Waals surface area (Å²) in [5.41, 5.74) is 1.10. The van der Waals surface area contributed by atoms with E-state index in [9.17, 15) is 9.90 Å². The molecule has 0 bridgehead atoms. The molecule has 1 aliphatic heterocycles. The Morgan fingerprint density at radius 1 is 1.44 bits per heavy atom. The number of halogens is 2. The summed E-state index contributed by atoms with van der Waals surface area (Å²) in [4.78, 5) is 17.6. The molecule has 0 spiro atoms. The van der Waals surface area contributed by atoms with Crippen LogP contribution in [0.15, 0.2) is 17.3 Å². The average molecular weight is 407 g/mol. The van der Waals surface area contributed by atoms with Crippen LogP contribution < -0.4 is 4.90 Å². The SMILES string of the molecule is CON=Cc1cc(N(C)C(=S)N2COCCN2C(=O)O)c(Cl)cc1Cl. The third-order valence-electron chi connectivity index (χ3n) is 3.41. The molecule has 0 saturated carbocycles. The van der Waals surface area contributed by atoms with Crippen LogP contribution in [0, 0.1) is 0 Å². The molecule has 1 aromatic carbocycles. The van der Waals surface area contributed by atoms with Crippen LogP contribution in [0.3, 0.4) is 0 Å². The number of anilines is 1. The van der Waals surface area contributed by atoms with Crippen molar-refractivity contribution >= 4 is 58.5 Å². The number of ether oxygens (including phenoxy) is 1. The van der Waals surface area contributed by atoms with Crippen molar-refractivity contribution in [3.8, 4) is 0 Å². The van der Waals surface area contributed by atoms with Crippen LogP contribution in [-0.4, -0.2) is 66.6 Å². The van der Waals surface area contributed by atoms with Gasteiger partial charge in [-0.05, 0) is 24.4 Å². The zero-order valence-corrected chi connectivity index (χ0v) is 15.8. The molecule has 136 valence electrons. The van der Waals surface area contributed by atoms with E-state index in [0.717, 1.165) is 5.01 Å². The van der Waals surface area contributed by atoms with Crippen LogP contribution in [0.25, 0.3) is 0 Å². The molecule has 1 aliphatic rings. The fraction of sp³-hybridized carbons (Fsp3) is 0.357. The normalized spacial score (nSPS) is 14.7. The fourth-order valence-corrected chi connectivity index (χ4v) is 2.95. The van der Waals surface area contributed by atoms with E-state index in [4.69, 9.17) is 40.2 Å². The van der Waals surface area contributed by atoms with Gasteiger partial charge in [0.2, 0.25) is 0 Å². The smallest absolute Gasteiger partial charge is 0.426 e. The van der Waals surface area contributed by atoms with Gasteiger partial charge in [-0.25, -0.2) is 14.8 Å². The standard InChI is InChI=1S/C14H16Cl2N4O4S/c1-18(13(25)20-8-24-4-3-19(20)14(21)22)12-5-9(7-17-23-2)10(15)6-11(12)16/h5-7H,3-4,8H2,1-2H3,(H,21,22). The van der Waals surface area contributed by atoms with Crippen LogP contribution >= 0.6 is 35.4 Å². The van der Waals surface area contributed by atoms with Gasteiger partial charge in [-0.15, -0.1) is 0 Å². The molecule has 25 heavy (non-hydrogen) atoms. The first-order valence-electron chi connectivity index (χ1n) is 7.05. The Kier molecular flexibility index (Phi) is 6.65. The van der Waals surface area contributed by atoms with Crippen LogP contribution in [0.1, 0.15) is 5.56 Å². The number of hydrogen-bond donors (Lipinski definition) is 1. The van der Waals surface area contributed by atoms with Gasteiger partial charge in [0.1, 0.15) is 13.8 Å². The molecule has 11 heteroatoms. The second-order valence-electron chi connectivity index (χ2n) is 4.93. The summed E-state index contributed by atoms with van der Waals surface area (Å²) in [5, 5.41) is 16.4. The van der Waals surface area contributed by atoms with Crippen molar-refractivity contribution in [2.24, 2.45) is 5.16 Å². The molecule has 1 amide bonds. The first-order chi connectivity index (χ1) is 11.9. The highest BCUT2D eigenvalue weighted by Gasteiger charge is 2.29. The first kappa shape index (κ1) is 19.5. The van der Waals surface area contributed by atoms with E-state index in [1.54, 1.807) is 24.1 Å². The Balaban J connectivity index is 2.32. The van der Waals surface area contributed by atoms with E-state index in [1.165, 1.54) is 18.3 Å². The Morgan fingerprint density at radius 2 is 2.16 bits per heavy atom. The highest BCUT2D eigenvalue weighted by Crippen LogP contribution is 2.31. The minimum atomic E-state index is -1.12. The van der Waals surface area contributed by atoms with Crippen LogP contribution in [0.4, 0.5) is 10.5 Å². The van der Waals surface area contributed by atoms with Crippen molar-refractivity contribution < 1.29 is 19.5 Å². The van der Waals surface area contributed by atoms with Crippen molar-refractivity contribution in [3.63, 3.8) is 0 Å². The lowest BCUT2D eigenvalue weighted by Gasteiger charge is -2.40. The predicted molar refractivity (Wildman–Crippen MR) is 99.5 cm³/mol. The number of rotatable bonds is 3. The van der Waals surface area contributed by atoms with Crippen LogP contribution in [0.2, 0.25) is 10.0 Å². The van der Waals surface area contributed by atoms with E-state index in [2.05, 4.69) is 9.99 Å². The number of hydrazine groups is 1. The van der Waals surface area contributed by atoms with Crippen molar-refractivity contribution in [3.05, 3.63) is 27.7 Å². The monoisotopic (exact) mass is 406 g/mol. The lowest BCUT2D eigenvalue weighted by Crippen LogP contribution is -2.57. The van der Waals surface area contributed by atoms with Gasteiger partial charge >= 0.3 is 6.09 Å². The maximum absolute atomic E-state index is 11.4. The van der Waals surface area contributed by atoms with Crippen LogP contribution in [-0.2, 0) is 9.57 Å². The van der Waals surface area contributed by atoms with Gasteiger partial charge in [0.15, 0.2) is 5.11 Å². The van der Waals surface area contributed by atoms with Gasteiger partial charge in [-0.1, -0.05) is 28.4 Å². The second-order valence-corrected chi connectivity index (χ2v) is 6.11. The minimum Gasteiger partial charge on any atom is -0.464 e. The van der Waals surface area contributed by atoms with E-state index < -0.39 is 6.09 Å². The largest absolute Gasteiger partial charge is 0.464 e. The molecule has 0 aromatic heterocycles. The fourth-order valence-electron chi connectivity index (χ4n) is 2.15. The second kappa shape index (κ2) is 8.52. The maximum Gasteiger partial charge on any atom is 0.426 e. The molecular weight excluding hydrogens is 391 g/mol. The van der Waals surface area contributed by atoms with Crippen molar-refractivity contribution in [2.45, 2.75) is 0 Å². The Morgan fingerprint density at radius 3 is 2.80 bits per heavy atom. The summed E-state index contributed by atoms with van der Waals surface area (Å²) in [6, 6.07) is 3.23. The molecule has 0 aliphatic carbocycles. The summed E-state index contributed by atoms with van der Waals surface area (Å²) in [7, 11) is 3.09. The highest BCUT2D eigenvalue weighted by molar-refractivity contribution is 7.80. The topological polar surface area (TPSA) is 77.8 Å². The van der Waals surface area contributed by atoms with Gasteiger partial charge in [0.05, 0.1) is 35.1 Å². The molecule has 1 N–H and O–H groups in total. The van der Waals surface area contributed by atoms with Crippen molar-refractivity contribution in [1.82, 2.24) is 10.0 Å². The lowest BCUT2D eigenvalue weighted by atomic mass is 10.2. The van der Waals surface area contributed by atoms with Gasteiger partial charge < -0.3 is 19.6 Å². The molecular formula is C14H16Cl2N4O4S. The number of hydrogen-bond acceptors (Lipinski definition) is 5. The summed E-state index contributed by atoms with van der Waals surface area (Å²) < 4.78 is 5.31. The molecule has 2 rings (SSSR count). The number of carboxylic acid groups (broad SMARTS) is 1. The molecule has 1 saturated heterocycles. The van der Waals surface area contributed by atoms with Gasteiger partial charge in [-0.2, -0.15) is 0 Å². The van der Waals surface area contributed by atoms with Gasteiger partial charge in [0, 0.05) is 12.6 Å². The number of nitrogens with zero attached hydrogens (tertiary/aromatic N) is 4. The molecule has 0 atom stereocenters. The van der Waals surface area contributed by atoms with Gasteiger partial charge in [-0.3, -0.25) is 0 Å². The molecule has 1 fully saturated rings. The zero-order chi connectivity index (χ0) is 18.6. The molecule has 1 aromatic rings. The lowest BCUT2D eigenvalue weighted by molar-refractivity contribution is -0.0944. The Hall–Kier alpha value is -1.81. The number of amides is 1. The third kappa shape index (κ3) is 4.43. The molecule has 1 heterocycles. The van der Waals surface area contributed by atoms with Crippen LogP contribution in [0.5, 0.6) is 0 Å². The quantitative estimate of drug-likeness (QED) is 0.469. The maximum atomic E-state index is 11.4. The van der Waals surface area contributed by atoms with E-state index in [0.29, 0.717) is 27.9 Å². The summed E-state index contributed by atoms with van der Waals surface area (Å²) in [5.74, 6) is 0.